The Morgan fingerprint density at radius 2 is 2.14 bits per heavy atom. The van der Waals surface area contributed by atoms with Crippen LogP contribution in [-0.4, -0.2) is 49.3 Å². The summed E-state index contributed by atoms with van der Waals surface area (Å²) in [7, 11) is 3.97. The van der Waals surface area contributed by atoms with Crippen LogP contribution >= 0.6 is 0 Å². The molecule has 1 aliphatic carbocycles. The van der Waals surface area contributed by atoms with Crippen molar-refractivity contribution in [3.63, 3.8) is 0 Å². The summed E-state index contributed by atoms with van der Waals surface area (Å²) in [6.45, 7) is 3.78. The Hall–Kier alpha value is -0.120. The quantitative estimate of drug-likeness (QED) is 0.685. The highest BCUT2D eigenvalue weighted by molar-refractivity contribution is 4.79. The lowest BCUT2D eigenvalue weighted by Crippen LogP contribution is -2.38. The molecule has 0 aromatic rings. The molecule has 3 nitrogen and oxygen atoms in total. The maximum absolute atomic E-state index is 9.64. The summed E-state index contributed by atoms with van der Waals surface area (Å²) < 4.78 is 0. The van der Waals surface area contributed by atoms with Crippen molar-refractivity contribution in [3.8, 4) is 0 Å². The van der Waals surface area contributed by atoms with E-state index in [1.54, 1.807) is 0 Å². The molecule has 3 unspecified atom stereocenters. The first-order chi connectivity index (χ1) is 6.58. The zero-order valence-electron chi connectivity index (χ0n) is 9.66. The summed E-state index contributed by atoms with van der Waals surface area (Å²) in [6.07, 6.45) is 3.65. The molecule has 0 bridgehead atoms. The van der Waals surface area contributed by atoms with Crippen LogP contribution in [-0.2, 0) is 0 Å². The second-order valence-electron chi connectivity index (χ2n) is 4.94. The van der Waals surface area contributed by atoms with Crippen molar-refractivity contribution < 1.29 is 5.11 Å². The molecule has 0 amide bonds. The van der Waals surface area contributed by atoms with Crippen LogP contribution in [0.2, 0.25) is 0 Å². The molecule has 0 spiro atoms. The molecule has 1 aliphatic rings. The number of hydrogen-bond acceptors (Lipinski definition) is 3. The number of nitrogens with one attached hydrogen (secondary N) is 1. The van der Waals surface area contributed by atoms with Gasteiger partial charge in [0.1, 0.15) is 0 Å². The van der Waals surface area contributed by atoms with E-state index in [4.69, 9.17) is 0 Å². The molecule has 1 rings (SSSR count). The lowest BCUT2D eigenvalue weighted by atomic mass is 10.1. The highest BCUT2D eigenvalue weighted by Crippen LogP contribution is 2.24. The molecule has 84 valence electrons. The number of aliphatic hydroxyl groups excluding tert-OH is 1. The molecule has 0 heterocycles. The summed E-state index contributed by atoms with van der Waals surface area (Å²) >= 11 is 0. The Morgan fingerprint density at radius 3 is 2.64 bits per heavy atom. The van der Waals surface area contributed by atoms with Crippen molar-refractivity contribution in [2.75, 3.05) is 27.2 Å². The van der Waals surface area contributed by atoms with Crippen LogP contribution in [0.3, 0.4) is 0 Å². The van der Waals surface area contributed by atoms with Crippen LogP contribution < -0.4 is 5.32 Å². The van der Waals surface area contributed by atoms with Gasteiger partial charge in [-0.05, 0) is 39.3 Å². The van der Waals surface area contributed by atoms with Crippen molar-refractivity contribution in [1.82, 2.24) is 10.2 Å². The fourth-order valence-corrected chi connectivity index (χ4v) is 2.18. The van der Waals surface area contributed by atoms with E-state index < -0.39 is 0 Å². The highest BCUT2D eigenvalue weighted by Gasteiger charge is 2.21. The monoisotopic (exact) mass is 200 g/mol. The van der Waals surface area contributed by atoms with Crippen LogP contribution in [0.4, 0.5) is 0 Å². The molecule has 3 atom stereocenters. The Labute approximate surface area is 87.5 Å². The van der Waals surface area contributed by atoms with E-state index in [1.165, 1.54) is 19.3 Å². The van der Waals surface area contributed by atoms with E-state index >= 15 is 0 Å². The highest BCUT2D eigenvalue weighted by atomic mass is 16.3. The summed E-state index contributed by atoms with van der Waals surface area (Å²) in [5, 5.41) is 13.1. The normalized spacial score (nSPS) is 29.8. The lowest BCUT2D eigenvalue weighted by molar-refractivity contribution is 0.131. The van der Waals surface area contributed by atoms with Gasteiger partial charge in [-0.1, -0.05) is 6.92 Å². The predicted octanol–water partition coefficient (Wildman–Crippen LogP) is 0.687. The predicted molar refractivity (Wildman–Crippen MR) is 59.4 cm³/mol. The molecule has 0 aliphatic heterocycles. The molecule has 1 fully saturated rings. The molecule has 3 heteroatoms. The second-order valence-corrected chi connectivity index (χ2v) is 4.94. The molecular formula is C11H24N2O. The van der Waals surface area contributed by atoms with Gasteiger partial charge in [-0.25, -0.2) is 0 Å². The molecule has 0 radical (unpaired) electrons. The maximum atomic E-state index is 9.64. The molecule has 14 heavy (non-hydrogen) atoms. The van der Waals surface area contributed by atoms with Gasteiger partial charge in [0.25, 0.3) is 0 Å². The zero-order chi connectivity index (χ0) is 10.6. The topological polar surface area (TPSA) is 35.5 Å². The first-order valence-electron chi connectivity index (χ1n) is 5.64. The summed E-state index contributed by atoms with van der Waals surface area (Å²) in [6, 6.07) is 0.641. The Kier molecular flexibility index (Phi) is 4.85. The van der Waals surface area contributed by atoms with Crippen molar-refractivity contribution in [2.24, 2.45) is 5.92 Å². The summed E-state index contributed by atoms with van der Waals surface area (Å²) in [5.41, 5.74) is 0. The van der Waals surface area contributed by atoms with Gasteiger partial charge in [0.2, 0.25) is 0 Å². The average molecular weight is 200 g/mol. The molecule has 0 saturated heterocycles. The van der Waals surface area contributed by atoms with Crippen molar-refractivity contribution in [3.05, 3.63) is 0 Å². The van der Waals surface area contributed by atoms with Crippen molar-refractivity contribution in [2.45, 2.75) is 38.3 Å². The molecule has 1 saturated carbocycles. The van der Waals surface area contributed by atoms with E-state index in [9.17, 15) is 5.11 Å². The SMILES string of the molecule is CC1CCC(NCC(O)CN(C)C)C1. The smallest absolute Gasteiger partial charge is 0.0791 e. The fourth-order valence-electron chi connectivity index (χ4n) is 2.18. The number of aliphatic hydroxyl groups is 1. The Balaban J connectivity index is 2.08. The van der Waals surface area contributed by atoms with Gasteiger partial charge >= 0.3 is 0 Å². The number of nitrogens with zero attached hydrogens (tertiary/aromatic N) is 1. The van der Waals surface area contributed by atoms with Gasteiger partial charge in [0.15, 0.2) is 0 Å². The van der Waals surface area contributed by atoms with Crippen LogP contribution in [0.15, 0.2) is 0 Å². The van der Waals surface area contributed by atoms with Gasteiger partial charge in [0.05, 0.1) is 6.10 Å². The van der Waals surface area contributed by atoms with Gasteiger partial charge < -0.3 is 15.3 Å². The number of likely N-dealkylation sites (N-methyl/N-ethyl adjacent to an activating group) is 1. The third-order valence-corrected chi connectivity index (χ3v) is 2.91. The van der Waals surface area contributed by atoms with E-state index in [0.29, 0.717) is 6.04 Å². The molecule has 0 aromatic heterocycles. The van der Waals surface area contributed by atoms with E-state index in [0.717, 1.165) is 19.0 Å². The fraction of sp³-hybridized carbons (Fsp3) is 1.00. The molecular weight excluding hydrogens is 176 g/mol. The number of rotatable bonds is 5. The summed E-state index contributed by atoms with van der Waals surface area (Å²) in [4.78, 5) is 2.02. The van der Waals surface area contributed by atoms with Gasteiger partial charge in [-0.3, -0.25) is 0 Å². The number of hydrogen-bond donors (Lipinski definition) is 2. The maximum Gasteiger partial charge on any atom is 0.0791 e. The van der Waals surface area contributed by atoms with Crippen LogP contribution in [0, 0.1) is 5.92 Å². The van der Waals surface area contributed by atoms with Crippen LogP contribution in [0.25, 0.3) is 0 Å². The van der Waals surface area contributed by atoms with Crippen LogP contribution in [0.5, 0.6) is 0 Å². The van der Waals surface area contributed by atoms with Crippen molar-refractivity contribution >= 4 is 0 Å². The van der Waals surface area contributed by atoms with Gasteiger partial charge in [0, 0.05) is 19.1 Å². The first kappa shape index (κ1) is 12.0. The molecule has 2 N–H and O–H groups in total. The van der Waals surface area contributed by atoms with Crippen LogP contribution in [0.1, 0.15) is 26.2 Å². The second kappa shape index (κ2) is 5.69. The lowest BCUT2D eigenvalue weighted by Gasteiger charge is -2.19. The molecule has 0 aromatic carbocycles. The minimum absolute atomic E-state index is 0.235. The van der Waals surface area contributed by atoms with E-state index in [1.807, 2.05) is 19.0 Å². The standard InChI is InChI=1S/C11H24N2O/c1-9-4-5-10(6-9)12-7-11(14)8-13(2)3/h9-12,14H,4-8H2,1-3H3. The minimum atomic E-state index is -0.235. The van der Waals surface area contributed by atoms with E-state index in [2.05, 4.69) is 12.2 Å². The largest absolute Gasteiger partial charge is 0.390 e. The Bertz CT molecular complexity index is 161. The summed E-state index contributed by atoms with van der Waals surface area (Å²) in [5.74, 6) is 0.860. The third kappa shape index (κ3) is 4.40. The first-order valence-corrected chi connectivity index (χ1v) is 5.64. The minimum Gasteiger partial charge on any atom is -0.390 e. The zero-order valence-corrected chi connectivity index (χ0v) is 9.66. The van der Waals surface area contributed by atoms with Gasteiger partial charge in [-0.2, -0.15) is 0 Å². The van der Waals surface area contributed by atoms with E-state index in [-0.39, 0.29) is 6.10 Å². The average Bonchev–Trinajstić information content (AvgIpc) is 2.47. The van der Waals surface area contributed by atoms with Gasteiger partial charge in [-0.15, -0.1) is 0 Å². The van der Waals surface area contributed by atoms with Crippen molar-refractivity contribution in [1.29, 1.82) is 0 Å². The third-order valence-electron chi connectivity index (χ3n) is 2.91. The Morgan fingerprint density at radius 1 is 1.43 bits per heavy atom.